The van der Waals surface area contributed by atoms with Crippen LogP contribution in [-0.4, -0.2) is 14.8 Å². The van der Waals surface area contributed by atoms with Gasteiger partial charge in [0.2, 0.25) is 0 Å². The van der Waals surface area contributed by atoms with Gasteiger partial charge in [0, 0.05) is 19.2 Å². The van der Waals surface area contributed by atoms with E-state index in [2.05, 4.69) is 10.1 Å². The summed E-state index contributed by atoms with van der Waals surface area (Å²) in [6.07, 6.45) is 8.18. The van der Waals surface area contributed by atoms with E-state index in [1.54, 1.807) is 4.68 Å². The minimum atomic E-state index is 0.536. The van der Waals surface area contributed by atoms with E-state index in [9.17, 15) is 0 Å². The van der Waals surface area contributed by atoms with Crippen LogP contribution in [0.15, 0.2) is 24.4 Å². The molecule has 2 aromatic heterocycles. The van der Waals surface area contributed by atoms with Crippen LogP contribution in [0.1, 0.15) is 43.7 Å². The molecule has 0 unspecified atom stereocenters. The fourth-order valence-electron chi connectivity index (χ4n) is 2.99. The van der Waals surface area contributed by atoms with Gasteiger partial charge in [-0.05, 0) is 25.0 Å². The summed E-state index contributed by atoms with van der Waals surface area (Å²) in [4.78, 5) is 4.45. The highest BCUT2D eigenvalue weighted by molar-refractivity contribution is 5.74. The molecule has 19 heavy (non-hydrogen) atoms. The molecule has 1 saturated carbocycles. The van der Waals surface area contributed by atoms with E-state index in [4.69, 9.17) is 5.73 Å². The Labute approximate surface area is 113 Å². The molecule has 0 saturated heterocycles. The molecule has 0 aromatic carbocycles. The van der Waals surface area contributed by atoms with Crippen LogP contribution >= 0.6 is 0 Å². The van der Waals surface area contributed by atoms with Crippen molar-refractivity contribution in [1.29, 1.82) is 0 Å². The van der Waals surface area contributed by atoms with Crippen LogP contribution in [-0.2, 0) is 7.05 Å². The topological polar surface area (TPSA) is 56.7 Å². The average Bonchev–Trinajstić information content (AvgIpc) is 2.77. The first-order valence-electron chi connectivity index (χ1n) is 7.01. The molecule has 0 bridgehead atoms. The van der Waals surface area contributed by atoms with Crippen molar-refractivity contribution in [3.8, 4) is 11.3 Å². The molecule has 2 heterocycles. The summed E-state index contributed by atoms with van der Waals surface area (Å²) in [7, 11) is 1.91. The van der Waals surface area contributed by atoms with Crippen LogP contribution in [0.3, 0.4) is 0 Å². The second kappa shape index (κ2) is 5.03. The summed E-state index contributed by atoms with van der Waals surface area (Å²) in [5.74, 6) is 1.26. The van der Waals surface area contributed by atoms with Gasteiger partial charge >= 0.3 is 0 Å². The molecule has 0 aliphatic heterocycles. The highest BCUT2D eigenvalue weighted by Gasteiger charge is 2.25. The molecule has 1 aliphatic carbocycles. The first kappa shape index (κ1) is 12.2. The van der Waals surface area contributed by atoms with Crippen LogP contribution in [0.5, 0.6) is 0 Å². The Morgan fingerprint density at radius 1 is 1.21 bits per heavy atom. The van der Waals surface area contributed by atoms with Gasteiger partial charge in [-0.3, -0.25) is 9.67 Å². The van der Waals surface area contributed by atoms with Crippen molar-refractivity contribution in [3.63, 3.8) is 0 Å². The monoisotopic (exact) mass is 256 g/mol. The Kier molecular flexibility index (Phi) is 3.23. The third-order valence-corrected chi connectivity index (χ3v) is 4.03. The van der Waals surface area contributed by atoms with Gasteiger partial charge in [0.1, 0.15) is 5.82 Å². The molecule has 100 valence electrons. The Morgan fingerprint density at radius 2 is 2.00 bits per heavy atom. The summed E-state index contributed by atoms with van der Waals surface area (Å²) in [6, 6.07) is 5.94. The fourth-order valence-corrected chi connectivity index (χ4v) is 2.99. The van der Waals surface area contributed by atoms with Gasteiger partial charge in [-0.1, -0.05) is 25.3 Å². The third-order valence-electron chi connectivity index (χ3n) is 4.03. The van der Waals surface area contributed by atoms with E-state index >= 15 is 0 Å². The molecular weight excluding hydrogens is 236 g/mol. The summed E-state index contributed by atoms with van der Waals surface area (Å²) in [5, 5.41) is 4.66. The number of nitrogens with zero attached hydrogens (tertiary/aromatic N) is 3. The van der Waals surface area contributed by atoms with Gasteiger partial charge in [0.15, 0.2) is 0 Å². The van der Waals surface area contributed by atoms with Crippen molar-refractivity contribution in [1.82, 2.24) is 14.8 Å². The molecule has 1 aliphatic rings. The van der Waals surface area contributed by atoms with Crippen molar-refractivity contribution in [2.75, 3.05) is 5.73 Å². The van der Waals surface area contributed by atoms with Crippen molar-refractivity contribution in [2.24, 2.45) is 7.05 Å². The molecule has 3 rings (SSSR count). The Balaban J connectivity index is 2.07. The first-order valence-corrected chi connectivity index (χ1v) is 7.01. The van der Waals surface area contributed by atoms with Crippen LogP contribution < -0.4 is 5.73 Å². The number of rotatable bonds is 2. The fraction of sp³-hybridized carbons (Fsp3) is 0.467. The lowest BCUT2D eigenvalue weighted by atomic mass is 9.85. The minimum absolute atomic E-state index is 0.536. The van der Waals surface area contributed by atoms with Crippen molar-refractivity contribution in [3.05, 3.63) is 30.1 Å². The minimum Gasteiger partial charge on any atom is -0.383 e. The van der Waals surface area contributed by atoms with Gasteiger partial charge in [-0.25, -0.2) is 0 Å². The zero-order chi connectivity index (χ0) is 13.2. The van der Waals surface area contributed by atoms with E-state index < -0.39 is 0 Å². The summed E-state index contributed by atoms with van der Waals surface area (Å²) >= 11 is 0. The highest BCUT2D eigenvalue weighted by atomic mass is 15.3. The number of nitrogen functional groups attached to an aromatic ring is 1. The van der Waals surface area contributed by atoms with Crippen molar-refractivity contribution in [2.45, 2.75) is 38.0 Å². The maximum absolute atomic E-state index is 6.20. The smallest absolute Gasteiger partial charge is 0.131 e. The van der Waals surface area contributed by atoms with E-state index in [0.29, 0.717) is 5.92 Å². The van der Waals surface area contributed by atoms with Gasteiger partial charge in [0.05, 0.1) is 17.0 Å². The summed E-state index contributed by atoms with van der Waals surface area (Å²) < 4.78 is 1.79. The molecule has 0 atom stereocenters. The third kappa shape index (κ3) is 2.23. The lowest BCUT2D eigenvalue weighted by Crippen LogP contribution is -2.07. The number of hydrogen-bond acceptors (Lipinski definition) is 3. The van der Waals surface area contributed by atoms with Crippen LogP contribution in [0.4, 0.5) is 5.82 Å². The number of nitrogens with two attached hydrogens (primary N) is 1. The lowest BCUT2D eigenvalue weighted by molar-refractivity contribution is 0.434. The van der Waals surface area contributed by atoms with Gasteiger partial charge in [-0.15, -0.1) is 0 Å². The van der Waals surface area contributed by atoms with Crippen LogP contribution in [0, 0.1) is 0 Å². The van der Waals surface area contributed by atoms with Crippen LogP contribution in [0.2, 0.25) is 0 Å². The molecule has 2 N–H and O–H groups in total. The van der Waals surface area contributed by atoms with E-state index in [1.165, 1.54) is 32.1 Å². The zero-order valence-corrected chi connectivity index (χ0v) is 11.3. The van der Waals surface area contributed by atoms with E-state index in [-0.39, 0.29) is 0 Å². The lowest BCUT2D eigenvalue weighted by Gasteiger charge is -2.20. The predicted molar refractivity (Wildman–Crippen MR) is 76.7 cm³/mol. The number of anilines is 1. The van der Waals surface area contributed by atoms with Crippen LogP contribution in [0.25, 0.3) is 11.3 Å². The Morgan fingerprint density at radius 3 is 2.68 bits per heavy atom. The molecule has 0 amide bonds. The SMILES string of the molecule is Cn1nc(C2CCCCC2)c(-c2ccccn2)c1N. The van der Waals surface area contributed by atoms with Gasteiger partial charge < -0.3 is 5.73 Å². The number of aryl methyl sites for hydroxylation is 1. The second-order valence-corrected chi connectivity index (χ2v) is 5.32. The second-order valence-electron chi connectivity index (χ2n) is 5.32. The molecule has 4 nitrogen and oxygen atoms in total. The Hall–Kier alpha value is -1.84. The molecule has 0 radical (unpaired) electrons. The largest absolute Gasteiger partial charge is 0.383 e. The average molecular weight is 256 g/mol. The van der Waals surface area contributed by atoms with Crippen molar-refractivity contribution < 1.29 is 0 Å². The number of aromatic nitrogens is 3. The Bertz CT molecular complexity index is 553. The number of hydrogen-bond donors (Lipinski definition) is 1. The van der Waals surface area contributed by atoms with E-state index in [0.717, 1.165) is 22.8 Å². The standard InChI is InChI=1S/C15H20N4/c1-19-15(16)13(12-9-5-6-10-17-12)14(18-19)11-7-3-2-4-8-11/h5-6,9-11H,2-4,7-8,16H2,1H3. The predicted octanol–water partition coefficient (Wildman–Crippen LogP) is 3.11. The number of pyridine rings is 1. The quantitative estimate of drug-likeness (QED) is 0.898. The summed E-state index contributed by atoms with van der Waals surface area (Å²) in [5.41, 5.74) is 9.32. The maximum Gasteiger partial charge on any atom is 0.131 e. The normalized spacial score (nSPS) is 16.7. The molecule has 2 aromatic rings. The molecular formula is C15H20N4. The molecule has 0 spiro atoms. The zero-order valence-electron chi connectivity index (χ0n) is 11.3. The maximum atomic E-state index is 6.20. The van der Waals surface area contributed by atoms with Gasteiger partial charge in [-0.2, -0.15) is 5.10 Å². The molecule has 4 heteroatoms. The molecule has 1 fully saturated rings. The summed E-state index contributed by atoms with van der Waals surface area (Å²) in [6.45, 7) is 0. The van der Waals surface area contributed by atoms with E-state index in [1.807, 2.05) is 31.4 Å². The highest BCUT2D eigenvalue weighted by Crippen LogP contribution is 2.39. The first-order chi connectivity index (χ1) is 9.27. The van der Waals surface area contributed by atoms with Gasteiger partial charge in [0.25, 0.3) is 0 Å². The van der Waals surface area contributed by atoms with Crippen molar-refractivity contribution >= 4 is 5.82 Å².